The van der Waals surface area contributed by atoms with Crippen LogP contribution in [0.2, 0.25) is 0 Å². The van der Waals surface area contributed by atoms with Crippen LogP contribution >= 0.6 is 0 Å². The fourth-order valence-electron chi connectivity index (χ4n) is 3.41. The number of benzene rings is 1. The highest BCUT2D eigenvalue weighted by atomic mass is 32.2. The summed E-state index contributed by atoms with van der Waals surface area (Å²) in [6, 6.07) is 12.1. The minimum Gasteiger partial charge on any atom is -0.446 e. The molecule has 0 bridgehead atoms. The van der Waals surface area contributed by atoms with Crippen LogP contribution in [0.4, 0.5) is 4.79 Å². The number of nitrogens with zero attached hydrogens (tertiary/aromatic N) is 2. The molecule has 1 N–H and O–H groups in total. The van der Waals surface area contributed by atoms with Gasteiger partial charge in [-0.1, -0.05) is 30.3 Å². The monoisotopic (exact) mass is 401 g/mol. The maximum atomic E-state index is 12.5. The number of carbonyl (C=O) groups excluding carboxylic acids is 1. The zero-order valence-corrected chi connectivity index (χ0v) is 17.2. The molecule has 7 heteroatoms. The minimum atomic E-state index is -0.996. The molecule has 150 valence electrons. The Morgan fingerprint density at radius 3 is 2.71 bits per heavy atom. The lowest BCUT2D eigenvalue weighted by Crippen LogP contribution is -2.43. The Balaban J connectivity index is 1.54. The second kappa shape index (κ2) is 9.80. The number of pyridine rings is 1. The fourth-order valence-corrected chi connectivity index (χ4v) is 3.84. The molecule has 1 aliphatic rings. The third kappa shape index (κ3) is 5.39. The number of nitrogens with one attached hydrogen (secondary N) is 1. The molecule has 1 amide bonds. The van der Waals surface area contributed by atoms with Crippen LogP contribution in [0.15, 0.2) is 48.8 Å². The lowest BCUT2D eigenvalue weighted by Gasteiger charge is -2.36. The molecule has 1 aromatic heterocycles. The molecule has 2 aromatic rings. The van der Waals surface area contributed by atoms with Crippen molar-refractivity contribution in [2.75, 3.05) is 19.3 Å². The van der Waals surface area contributed by atoms with E-state index in [-0.39, 0.29) is 18.2 Å². The van der Waals surface area contributed by atoms with Gasteiger partial charge in [0, 0.05) is 38.2 Å². The summed E-state index contributed by atoms with van der Waals surface area (Å²) in [5, 5.41) is 0. The lowest BCUT2D eigenvalue weighted by molar-refractivity contribution is 0.00942. The largest absolute Gasteiger partial charge is 0.446 e. The van der Waals surface area contributed by atoms with E-state index < -0.39 is 11.0 Å². The van der Waals surface area contributed by atoms with Gasteiger partial charge in [0.1, 0.15) is 6.10 Å². The number of carbonyl (C=O) groups is 1. The molecule has 1 aromatic carbocycles. The minimum absolute atomic E-state index is 0.0411. The Kier molecular flexibility index (Phi) is 7.17. The van der Waals surface area contributed by atoms with Crippen LogP contribution < -0.4 is 4.72 Å². The van der Waals surface area contributed by atoms with Crippen LogP contribution in [0.3, 0.4) is 0 Å². The molecule has 3 rings (SSSR count). The first-order valence-corrected chi connectivity index (χ1v) is 11.1. The van der Waals surface area contributed by atoms with Crippen LogP contribution in [0.25, 0.3) is 11.1 Å². The van der Waals surface area contributed by atoms with Crippen LogP contribution in [-0.4, -0.2) is 45.6 Å². The summed E-state index contributed by atoms with van der Waals surface area (Å²) >= 11 is 0. The van der Waals surface area contributed by atoms with Crippen LogP contribution in [0, 0.1) is 0 Å². The molecule has 1 fully saturated rings. The smallest absolute Gasteiger partial charge is 0.410 e. The third-order valence-corrected chi connectivity index (χ3v) is 5.67. The Morgan fingerprint density at radius 1 is 1.29 bits per heavy atom. The van der Waals surface area contributed by atoms with E-state index in [0.717, 1.165) is 36.0 Å². The first kappa shape index (κ1) is 20.5. The molecule has 3 atom stereocenters. The summed E-state index contributed by atoms with van der Waals surface area (Å²) in [5.74, 6) is 0. The first-order valence-electron chi connectivity index (χ1n) is 9.59. The van der Waals surface area contributed by atoms with Gasteiger partial charge in [-0.15, -0.1) is 0 Å². The van der Waals surface area contributed by atoms with E-state index in [9.17, 15) is 9.00 Å². The van der Waals surface area contributed by atoms with E-state index in [4.69, 9.17) is 4.74 Å². The maximum Gasteiger partial charge on any atom is 0.410 e. The topological polar surface area (TPSA) is 71.5 Å². The number of ether oxygens (including phenoxy) is 1. The second-order valence-corrected chi connectivity index (χ2v) is 8.22. The molecule has 1 aliphatic heterocycles. The quantitative estimate of drug-likeness (QED) is 0.685. The summed E-state index contributed by atoms with van der Waals surface area (Å²) in [4.78, 5) is 18.4. The molecule has 0 aliphatic carbocycles. The number of aromatic nitrogens is 1. The van der Waals surface area contributed by atoms with Crippen molar-refractivity contribution >= 4 is 17.1 Å². The van der Waals surface area contributed by atoms with Crippen molar-refractivity contribution in [1.29, 1.82) is 0 Å². The first-order chi connectivity index (χ1) is 13.5. The molecule has 2 heterocycles. The van der Waals surface area contributed by atoms with Gasteiger partial charge in [-0.2, -0.15) is 0 Å². The molecule has 0 spiro atoms. The van der Waals surface area contributed by atoms with Gasteiger partial charge >= 0.3 is 6.09 Å². The van der Waals surface area contributed by atoms with Gasteiger partial charge in [0.2, 0.25) is 0 Å². The lowest BCUT2D eigenvalue weighted by atomic mass is 10.0. The van der Waals surface area contributed by atoms with Crippen molar-refractivity contribution < 1.29 is 13.7 Å². The summed E-state index contributed by atoms with van der Waals surface area (Å²) in [7, 11) is -0.996. The van der Waals surface area contributed by atoms with Gasteiger partial charge in [0.05, 0.1) is 17.0 Å². The Hall–Kier alpha value is -2.25. The van der Waals surface area contributed by atoms with Crippen molar-refractivity contribution in [2.24, 2.45) is 0 Å². The second-order valence-electron chi connectivity index (χ2n) is 7.02. The van der Waals surface area contributed by atoms with Crippen LogP contribution in [0.1, 0.15) is 37.8 Å². The van der Waals surface area contributed by atoms with E-state index in [1.807, 2.05) is 25.3 Å². The highest BCUT2D eigenvalue weighted by Crippen LogP contribution is 2.28. The predicted octanol–water partition coefficient (Wildman–Crippen LogP) is 3.68. The molecule has 28 heavy (non-hydrogen) atoms. The number of hydrogen-bond acceptors (Lipinski definition) is 4. The van der Waals surface area contributed by atoms with Crippen LogP contribution in [-0.2, 0) is 15.7 Å². The third-order valence-electron chi connectivity index (χ3n) is 5.06. The van der Waals surface area contributed by atoms with Gasteiger partial charge in [0.15, 0.2) is 0 Å². The van der Waals surface area contributed by atoms with Crippen molar-refractivity contribution in [3.05, 3.63) is 54.4 Å². The average Bonchev–Trinajstić information content (AvgIpc) is 2.71. The van der Waals surface area contributed by atoms with Crippen molar-refractivity contribution in [3.8, 4) is 11.1 Å². The van der Waals surface area contributed by atoms with Gasteiger partial charge in [0.25, 0.3) is 0 Å². The van der Waals surface area contributed by atoms with Crippen molar-refractivity contribution in [1.82, 2.24) is 14.6 Å². The SMILES string of the molecule is CC(c1ccc(-c2cccnc2)cc1)N1CCC(CCCNS(C)=O)OC1=O. The van der Waals surface area contributed by atoms with Crippen molar-refractivity contribution in [3.63, 3.8) is 0 Å². The molecule has 0 saturated carbocycles. The van der Waals surface area contributed by atoms with Gasteiger partial charge < -0.3 is 9.64 Å². The Bertz CT molecular complexity index is 798. The Labute approximate surface area is 168 Å². The van der Waals surface area contributed by atoms with Gasteiger partial charge in [-0.25, -0.2) is 13.7 Å². The van der Waals surface area contributed by atoms with Gasteiger partial charge in [-0.05, 0) is 42.5 Å². The van der Waals surface area contributed by atoms with Crippen molar-refractivity contribution in [2.45, 2.75) is 38.3 Å². The maximum absolute atomic E-state index is 12.5. The molecular formula is C21H27N3O3S. The van der Waals surface area contributed by atoms with E-state index in [2.05, 4.69) is 34.0 Å². The standard InChI is InChI=1S/C21H27N3O3S/c1-16(17-7-9-18(10-8-17)19-5-3-12-22-15-19)24-14-11-20(27-21(24)25)6-4-13-23-28(2)26/h3,5,7-10,12,15-16,20,23H,4,6,11,13-14H2,1-2H3. The summed E-state index contributed by atoms with van der Waals surface area (Å²) in [5.41, 5.74) is 3.26. The van der Waals surface area contributed by atoms with Crippen LogP contribution in [0.5, 0.6) is 0 Å². The highest BCUT2D eigenvalue weighted by Gasteiger charge is 2.30. The molecular weight excluding hydrogens is 374 g/mol. The molecule has 1 saturated heterocycles. The Morgan fingerprint density at radius 2 is 2.07 bits per heavy atom. The number of cyclic esters (lactones) is 1. The molecule has 0 radical (unpaired) electrons. The number of hydrogen-bond donors (Lipinski definition) is 1. The van der Waals surface area contributed by atoms with Gasteiger partial charge in [-0.3, -0.25) is 4.98 Å². The van der Waals surface area contributed by atoms with E-state index >= 15 is 0 Å². The summed E-state index contributed by atoms with van der Waals surface area (Å²) in [6.07, 6.45) is 7.34. The van der Waals surface area contributed by atoms with E-state index in [1.165, 1.54) is 0 Å². The van der Waals surface area contributed by atoms with E-state index in [1.54, 1.807) is 17.4 Å². The molecule has 6 nitrogen and oxygen atoms in total. The summed E-state index contributed by atoms with van der Waals surface area (Å²) in [6.45, 7) is 3.38. The normalized spacial score (nSPS) is 19.1. The fraction of sp³-hybridized carbons (Fsp3) is 0.429. The predicted molar refractivity (Wildman–Crippen MR) is 111 cm³/mol. The zero-order chi connectivity index (χ0) is 19.9. The zero-order valence-electron chi connectivity index (χ0n) is 16.3. The summed E-state index contributed by atoms with van der Waals surface area (Å²) < 4.78 is 19.5. The van der Waals surface area contributed by atoms with E-state index in [0.29, 0.717) is 13.1 Å². The molecule has 3 unspecified atom stereocenters. The number of rotatable bonds is 8. The highest BCUT2D eigenvalue weighted by molar-refractivity contribution is 7.82. The number of amides is 1. The average molecular weight is 402 g/mol.